The smallest absolute Gasteiger partial charge is 0.259 e. The second-order valence-corrected chi connectivity index (χ2v) is 8.42. The molecule has 0 saturated heterocycles. The van der Waals surface area contributed by atoms with Crippen molar-refractivity contribution in [3.63, 3.8) is 0 Å². The molecule has 0 aliphatic heterocycles. The number of nitrogens with zero attached hydrogens (tertiary/aromatic N) is 4. The van der Waals surface area contributed by atoms with Gasteiger partial charge in [-0.15, -0.1) is 0 Å². The lowest BCUT2D eigenvalue weighted by molar-refractivity contribution is 0.0943. The summed E-state index contributed by atoms with van der Waals surface area (Å²) in [5.74, 6) is 1.24. The van der Waals surface area contributed by atoms with E-state index in [4.69, 9.17) is 9.47 Å². The summed E-state index contributed by atoms with van der Waals surface area (Å²) in [7, 11) is 3.12. The topological polar surface area (TPSA) is 83.2 Å². The number of imidazole rings is 1. The number of amides is 1. The molecule has 0 bridgehead atoms. The molecule has 1 aliphatic carbocycles. The fourth-order valence-corrected chi connectivity index (χ4v) is 4.11. The molecule has 2 aromatic heterocycles. The standard InChI is InChI=1S/C25H27N5O3/c1-5-29-13-17(12-27-29)16-6-7-21-20(9-16)26-14-30(21)18-10-22(32-3)24(23(11-18)33-4)25(31)28-19-8-15(19)2/h6-7,9-15,19H,5,8H2,1-4H3,(H,28,31)/t15-,19?/m1/s1. The Balaban J connectivity index is 1.53. The maximum Gasteiger partial charge on any atom is 0.259 e. The molecule has 170 valence electrons. The van der Waals surface area contributed by atoms with Gasteiger partial charge in [-0.25, -0.2) is 4.98 Å². The van der Waals surface area contributed by atoms with E-state index in [1.54, 1.807) is 20.5 Å². The van der Waals surface area contributed by atoms with Gasteiger partial charge in [-0.2, -0.15) is 5.10 Å². The van der Waals surface area contributed by atoms with Crippen LogP contribution in [-0.2, 0) is 6.54 Å². The predicted octanol–water partition coefficient (Wildman–Crippen LogP) is 4.06. The fourth-order valence-electron chi connectivity index (χ4n) is 4.11. The lowest BCUT2D eigenvalue weighted by atomic mass is 10.1. The van der Waals surface area contributed by atoms with Crippen LogP contribution in [0.5, 0.6) is 11.5 Å². The minimum atomic E-state index is -0.183. The first-order chi connectivity index (χ1) is 16.0. The van der Waals surface area contributed by atoms with E-state index in [1.807, 2.05) is 39.8 Å². The van der Waals surface area contributed by atoms with Crippen molar-refractivity contribution < 1.29 is 14.3 Å². The molecule has 0 radical (unpaired) electrons. The number of benzene rings is 2. The van der Waals surface area contributed by atoms with Crippen molar-refractivity contribution in [3.8, 4) is 28.3 Å². The molecule has 2 heterocycles. The Hall–Kier alpha value is -3.81. The summed E-state index contributed by atoms with van der Waals surface area (Å²) in [5, 5.41) is 7.42. The minimum Gasteiger partial charge on any atom is -0.496 e. The summed E-state index contributed by atoms with van der Waals surface area (Å²) in [4.78, 5) is 17.5. The first-order valence-corrected chi connectivity index (χ1v) is 11.1. The van der Waals surface area contributed by atoms with Gasteiger partial charge in [-0.3, -0.25) is 14.0 Å². The molecule has 2 aromatic carbocycles. The third-order valence-corrected chi connectivity index (χ3v) is 6.26. The zero-order valence-corrected chi connectivity index (χ0v) is 19.2. The number of ether oxygens (including phenoxy) is 2. The van der Waals surface area contributed by atoms with Gasteiger partial charge in [0.25, 0.3) is 5.91 Å². The van der Waals surface area contributed by atoms with Gasteiger partial charge in [0.1, 0.15) is 23.4 Å². The van der Waals surface area contributed by atoms with Gasteiger partial charge in [0.05, 0.1) is 37.1 Å². The number of hydrogen-bond acceptors (Lipinski definition) is 5. The Labute approximate surface area is 192 Å². The average Bonchev–Trinajstić information content (AvgIpc) is 3.23. The van der Waals surface area contributed by atoms with Crippen LogP contribution < -0.4 is 14.8 Å². The Morgan fingerprint density at radius 2 is 1.88 bits per heavy atom. The van der Waals surface area contributed by atoms with E-state index in [2.05, 4.69) is 41.4 Å². The van der Waals surface area contributed by atoms with Gasteiger partial charge in [-0.1, -0.05) is 13.0 Å². The van der Waals surface area contributed by atoms with Gasteiger partial charge in [0, 0.05) is 36.5 Å². The normalized spacial score (nSPS) is 17.2. The number of rotatable bonds is 7. The van der Waals surface area contributed by atoms with Crippen LogP contribution in [0.25, 0.3) is 27.8 Å². The summed E-state index contributed by atoms with van der Waals surface area (Å²) >= 11 is 0. The molecule has 2 atom stereocenters. The molecule has 33 heavy (non-hydrogen) atoms. The lowest BCUT2D eigenvalue weighted by Gasteiger charge is -2.16. The van der Waals surface area contributed by atoms with Crippen LogP contribution >= 0.6 is 0 Å². The van der Waals surface area contributed by atoms with Gasteiger partial charge >= 0.3 is 0 Å². The fraction of sp³-hybridized carbons (Fsp3) is 0.320. The number of carbonyl (C=O) groups excluding carboxylic acids is 1. The monoisotopic (exact) mass is 445 g/mol. The third kappa shape index (κ3) is 3.82. The molecule has 1 N–H and O–H groups in total. The molecule has 1 saturated carbocycles. The van der Waals surface area contributed by atoms with Crippen LogP contribution in [0.3, 0.4) is 0 Å². The number of hydrogen-bond donors (Lipinski definition) is 1. The number of aromatic nitrogens is 4. The first-order valence-electron chi connectivity index (χ1n) is 11.1. The van der Waals surface area contributed by atoms with Crippen molar-refractivity contribution in [2.45, 2.75) is 32.9 Å². The van der Waals surface area contributed by atoms with Crippen molar-refractivity contribution in [2.24, 2.45) is 5.92 Å². The summed E-state index contributed by atoms with van der Waals surface area (Å²) < 4.78 is 15.1. The van der Waals surface area contributed by atoms with Gasteiger partial charge in [0.15, 0.2) is 0 Å². The summed E-state index contributed by atoms with van der Waals surface area (Å²) in [6.07, 6.45) is 6.66. The van der Waals surface area contributed by atoms with Crippen LogP contribution in [0.2, 0.25) is 0 Å². The van der Waals surface area contributed by atoms with Crippen molar-refractivity contribution >= 4 is 16.9 Å². The van der Waals surface area contributed by atoms with Crippen molar-refractivity contribution in [1.82, 2.24) is 24.6 Å². The van der Waals surface area contributed by atoms with Crippen molar-refractivity contribution in [2.75, 3.05) is 14.2 Å². The largest absolute Gasteiger partial charge is 0.496 e. The quantitative estimate of drug-likeness (QED) is 0.464. The number of nitrogens with one attached hydrogen (secondary N) is 1. The number of fused-ring (bicyclic) bond motifs is 1. The van der Waals surface area contributed by atoms with E-state index in [1.165, 1.54) is 0 Å². The highest BCUT2D eigenvalue weighted by Gasteiger charge is 2.35. The molecule has 1 unspecified atom stereocenters. The van der Waals surface area contributed by atoms with Gasteiger partial charge in [0.2, 0.25) is 0 Å². The third-order valence-electron chi connectivity index (χ3n) is 6.26. The highest BCUT2D eigenvalue weighted by Crippen LogP contribution is 2.36. The van der Waals surface area contributed by atoms with Crippen LogP contribution in [0.15, 0.2) is 49.1 Å². The zero-order chi connectivity index (χ0) is 23.1. The molecular weight excluding hydrogens is 418 g/mol. The molecule has 1 fully saturated rings. The molecular formula is C25H27N5O3. The summed E-state index contributed by atoms with van der Waals surface area (Å²) in [6, 6.07) is 10.0. The van der Waals surface area contributed by atoms with Crippen molar-refractivity contribution in [1.29, 1.82) is 0 Å². The summed E-state index contributed by atoms with van der Waals surface area (Å²) in [5.41, 5.74) is 5.12. The van der Waals surface area contributed by atoms with Crippen LogP contribution in [0, 0.1) is 5.92 Å². The van der Waals surface area contributed by atoms with E-state index >= 15 is 0 Å². The van der Waals surface area contributed by atoms with Crippen LogP contribution in [-0.4, -0.2) is 45.5 Å². The Morgan fingerprint density at radius 1 is 1.15 bits per heavy atom. The average molecular weight is 446 g/mol. The van der Waals surface area contributed by atoms with Gasteiger partial charge in [-0.05, 0) is 37.0 Å². The van der Waals surface area contributed by atoms with E-state index in [9.17, 15) is 4.79 Å². The van der Waals surface area contributed by atoms with Crippen molar-refractivity contribution in [3.05, 3.63) is 54.6 Å². The molecule has 4 aromatic rings. The molecule has 1 amide bonds. The highest BCUT2D eigenvalue weighted by molar-refractivity contribution is 6.00. The highest BCUT2D eigenvalue weighted by atomic mass is 16.5. The van der Waals surface area contributed by atoms with E-state index in [0.29, 0.717) is 23.0 Å². The van der Waals surface area contributed by atoms with E-state index in [-0.39, 0.29) is 11.9 Å². The first kappa shape index (κ1) is 21.1. The second-order valence-electron chi connectivity index (χ2n) is 8.42. The number of methoxy groups -OCH3 is 2. The van der Waals surface area contributed by atoms with Gasteiger partial charge < -0.3 is 14.8 Å². The molecule has 1 aliphatic rings. The SMILES string of the molecule is CCn1cc(-c2ccc3c(c2)ncn3-c2cc(OC)c(C(=O)NC3C[C@H]3C)c(OC)c2)cn1. The number of aryl methyl sites for hydroxylation is 1. The molecule has 8 heteroatoms. The predicted molar refractivity (Wildman–Crippen MR) is 126 cm³/mol. The van der Waals surface area contributed by atoms with E-state index in [0.717, 1.165) is 40.8 Å². The van der Waals surface area contributed by atoms with E-state index < -0.39 is 0 Å². The Bertz CT molecular complexity index is 1310. The van der Waals surface area contributed by atoms with Crippen LogP contribution in [0.4, 0.5) is 0 Å². The Morgan fingerprint density at radius 3 is 2.48 bits per heavy atom. The zero-order valence-electron chi connectivity index (χ0n) is 19.2. The maximum atomic E-state index is 12.9. The maximum absolute atomic E-state index is 12.9. The second kappa shape index (κ2) is 8.27. The lowest BCUT2D eigenvalue weighted by Crippen LogP contribution is -2.27. The number of carbonyl (C=O) groups is 1. The molecule has 5 rings (SSSR count). The summed E-state index contributed by atoms with van der Waals surface area (Å²) in [6.45, 7) is 5.01. The molecule has 8 nitrogen and oxygen atoms in total. The minimum absolute atomic E-state index is 0.183. The Kier molecular flexibility index (Phi) is 5.28. The van der Waals surface area contributed by atoms with Crippen LogP contribution in [0.1, 0.15) is 30.6 Å². The molecule has 0 spiro atoms.